The van der Waals surface area contributed by atoms with Crippen molar-refractivity contribution >= 4 is 0 Å². The maximum absolute atomic E-state index is 13.6. The molecule has 0 unspecified atom stereocenters. The number of aliphatic hydroxyl groups excluding tert-OH is 1. The second kappa shape index (κ2) is 5.71. The summed E-state index contributed by atoms with van der Waals surface area (Å²) < 4.78 is 24.3. The molecule has 0 amide bonds. The minimum atomic E-state index is -0.780. The molecule has 0 aliphatic rings. The first-order chi connectivity index (χ1) is 9.13. The Balaban J connectivity index is 2.43. The number of hydrogen-bond donors (Lipinski definition) is 1. The van der Waals surface area contributed by atoms with E-state index in [1.807, 2.05) is 0 Å². The first-order valence-corrected chi connectivity index (χ1v) is 5.91. The van der Waals surface area contributed by atoms with Crippen LogP contribution >= 0.6 is 0 Å². The molecule has 0 aliphatic heterocycles. The maximum Gasteiger partial charge on any atom is 0.165 e. The average Bonchev–Trinajstić information content (AvgIpc) is 2.40. The van der Waals surface area contributed by atoms with Crippen LogP contribution in [0.25, 0.3) is 0 Å². The zero-order chi connectivity index (χ0) is 13.8. The molecule has 0 saturated heterocycles. The van der Waals surface area contributed by atoms with E-state index in [0.717, 1.165) is 0 Å². The summed E-state index contributed by atoms with van der Waals surface area (Å²) in [5.74, 6) is 0.530. The van der Waals surface area contributed by atoms with Crippen LogP contribution in [-0.2, 0) is 0 Å². The van der Waals surface area contributed by atoms with Crippen LogP contribution in [0.1, 0.15) is 18.6 Å². The van der Waals surface area contributed by atoms with Gasteiger partial charge in [-0.1, -0.05) is 18.2 Å². The van der Waals surface area contributed by atoms with Gasteiger partial charge in [-0.05, 0) is 31.2 Å². The van der Waals surface area contributed by atoms with Crippen molar-refractivity contribution in [2.24, 2.45) is 0 Å². The first-order valence-electron chi connectivity index (χ1n) is 5.91. The fourth-order valence-corrected chi connectivity index (χ4v) is 1.85. The number of para-hydroxylation sites is 1. The Morgan fingerprint density at radius 2 is 1.63 bits per heavy atom. The van der Waals surface area contributed by atoms with E-state index >= 15 is 0 Å². The quantitative estimate of drug-likeness (QED) is 0.913. The van der Waals surface area contributed by atoms with Gasteiger partial charge in [-0.3, -0.25) is 0 Å². The van der Waals surface area contributed by atoms with Crippen molar-refractivity contribution in [3.05, 3.63) is 53.8 Å². The van der Waals surface area contributed by atoms with Gasteiger partial charge in [0.1, 0.15) is 11.5 Å². The lowest BCUT2D eigenvalue weighted by Gasteiger charge is -2.16. The summed E-state index contributed by atoms with van der Waals surface area (Å²) in [4.78, 5) is 0. The molecule has 0 spiro atoms. The van der Waals surface area contributed by atoms with E-state index in [1.54, 1.807) is 37.3 Å². The van der Waals surface area contributed by atoms with Gasteiger partial charge in [0, 0.05) is 0 Å². The molecule has 1 N–H and O–H groups in total. The van der Waals surface area contributed by atoms with Gasteiger partial charge in [-0.25, -0.2) is 4.39 Å². The molecular weight excluding hydrogens is 247 g/mol. The molecule has 0 radical (unpaired) electrons. The highest BCUT2D eigenvalue weighted by Gasteiger charge is 2.16. The monoisotopic (exact) mass is 262 g/mol. The molecule has 0 fully saturated rings. The molecule has 0 aliphatic carbocycles. The van der Waals surface area contributed by atoms with Gasteiger partial charge in [-0.2, -0.15) is 0 Å². The van der Waals surface area contributed by atoms with Crippen molar-refractivity contribution in [1.82, 2.24) is 0 Å². The topological polar surface area (TPSA) is 38.7 Å². The Morgan fingerprint density at radius 1 is 1.00 bits per heavy atom. The fraction of sp³-hybridized carbons (Fsp3) is 0.200. The van der Waals surface area contributed by atoms with E-state index < -0.39 is 11.9 Å². The number of benzene rings is 2. The predicted octanol–water partition coefficient (Wildman–Crippen LogP) is 3.68. The summed E-state index contributed by atoms with van der Waals surface area (Å²) in [6, 6.07) is 11.2. The summed E-state index contributed by atoms with van der Waals surface area (Å²) in [6.45, 7) is 1.60. The van der Waals surface area contributed by atoms with Crippen molar-refractivity contribution in [1.29, 1.82) is 0 Å². The number of aliphatic hydroxyl groups is 1. The number of rotatable bonds is 4. The molecule has 1 atom stereocenters. The van der Waals surface area contributed by atoms with Gasteiger partial charge >= 0.3 is 0 Å². The van der Waals surface area contributed by atoms with E-state index in [0.29, 0.717) is 17.1 Å². The van der Waals surface area contributed by atoms with Crippen LogP contribution in [0.4, 0.5) is 4.39 Å². The zero-order valence-electron chi connectivity index (χ0n) is 10.8. The van der Waals surface area contributed by atoms with E-state index in [1.165, 1.54) is 19.2 Å². The third-order valence-electron chi connectivity index (χ3n) is 2.72. The van der Waals surface area contributed by atoms with Crippen molar-refractivity contribution in [2.75, 3.05) is 7.11 Å². The fourth-order valence-electron chi connectivity index (χ4n) is 1.85. The minimum Gasteiger partial charge on any atom is -0.496 e. The molecule has 4 heteroatoms. The molecule has 2 aromatic carbocycles. The Hall–Kier alpha value is -2.07. The first kappa shape index (κ1) is 13.4. The number of ether oxygens (including phenoxy) is 2. The third-order valence-corrected chi connectivity index (χ3v) is 2.72. The van der Waals surface area contributed by atoms with E-state index in [-0.39, 0.29) is 5.75 Å². The largest absolute Gasteiger partial charge is 0.496 e. The molecule has 100 valence electrons. The molecule has 3 nitrogen and oxygen atoms in total. The van der Waals surface area contributed by atoms with Crippen LogP contribution in [0, 0.1) is 5.82 Å². The van der Waals surface area contributed by atoms with Gasteiger partial charge < -0.3 is 14.6 Å². The highest BCUT2D eigenvalue weighted by Crippen LogP contribution is 2.36. The van der Waals surface area contributed by atoms with Gasteiger partial charge in [0.15, 0.2) is 11.6 Å². The Labute approximate surface area is 111 Å². The van der Waals surface area contributed by atoms with Crippen LogP contribution in [0.2, 0.25) is 0 Å². The molecule has 19 heavy (non-hydrogen) atoms. The normalized spacial score (nSPS) is 12.0. The van der Waals surface area contributed by atoms with Crippen LogP contribution in [0.15, 0.2) is 42.5 Å². The van der Waals surface area contributed by atoms with Crippen LogP contribution in [0.3, 0.4) is 0 Å². The molecule has 0 aromatic heterocycles. The van der Waals surface area contributed by atoms with Gasteiger partial charge in [0.2, 0.25) is 0 Å². The lowest BCUT2D eigenvalue weighted by Crippen LogP contribution is -2.00. The van der Waals surface area contributed by atoms with Crippen LogP contribution in [0.5, 0.6) is 17.2 Å². The summed E-state index contributed by atoms with van der Waals surface area (Å²) in [7, 11) is 1.51. The maximum atomic E-state index is 13.6. The molecule has 2 rings (SSSR count). The van der Waals surface area contributed by atoms with Crippen molar-refractivity contribution < 1.29 is 19.0 Å². The van der Waals surface area contributed by atoms with E-state index in [4.69, 9.17) is 9.47 Å². The van der Waals surface area contributed by atoms with Gasteiger partial charge in [0.25, 0.3) is 0 Å². The summed E-state index contributed by atoms with van der Waals surface area (Å²) in [5.41, 5.74) is 0.494. The number of hydrogen-bond acceptors (Lipinski definition) is 3. The molecule has 0 heterocycles. The number of methoxy groups -OCH3 is 1. The summed E-state index contributed by atoms with van der Waals surface area (Å²) in [5, 5.41) is 9.81. The van der Waals surface area contributed by atoms with E-state index in [2.05, 4.69) is 0 Å². The third kappa shape index (κ3) is 2.85. The highest BCUT2D eigenvalue weighted by atomic mass is 19.1. The lowest BCUT2D eigenvalue weighted by molar-refractivity contribution is 0.190. The summed E-state index contributed by atoms with van der Waals surface area (Å²) >= 11 is 0. The SMILES string of the molecule is COc1cccc(Oc2ccccc2F)c1[C@H](C)O. The second-order valence-corrected chi connectivity index (χ2v) is 4.08. The predicted molar refractivity (Wildman–Crippen MR) is 70.1 cm³/mol. The number of halogens is 1. The second-order valence-electron chi connectivity index (χ2n) is 4.08. The molecule has 0 bridgehead atoms. The molecular formula is C15H15FO3. The van der Waals surface area contributed by atoms with Crippen molar-refractivity contribution in [3.8, 4) is 17.2 Å². The van der Waals surface area contributed by atoms with E-state index in [9.17, 15) is 9.50 Å². The van der Waals surface area contributed by atoms with Gasteiger partial charge in [0.05, 0.1) is 18.8 Å². The van der Waals surface area contributed by atoms with Crippen LogP contribution in [-0.4, -0.2) is 12.2 Å². The highest BCUT2D eigenvalue weighted by molar-refractivity contribution is 5.48. The Bertz CT molecular complexity index is 567. The smallest absolute Gasteiger partial charge is 0.165 e. The Morgan fingerprint density at radius 3 is 2.26 bits per heavy atom. The zero-order valence-corrected chi connectivity index (χ0v) is 10.8. The molecule has 0 saturated carbocycles. The van der Waals surface area contributed by atoms with Crippen LogP contribution < -0.4 is 9.47 Å². The lowest BCUT2D eigenvalue weighted by atomic mass is 10.1. The van der Waals surface area contributed by atoms with Gasteiger partial charge in [-0.15, -0.1) is 0 Å². The standard InChI is InChI=1S/C15H15FO3/c1-10(17)15-13(18-2)8-5-9-14(15)19-12-7-4-3-6-11(12)16/h3-10,17H,1-2H3/t10-/m0/s1. The minimum absolute atomic E-state index is 0.109. The Kier molecular flexibility index (Phi) is 4.02. The summed E-state index contributed by atoms with van der Waals surface area (Å²) in [6.07, 6.45) is -0.780. The van der Waals surface area contributed by atoms with Crippen molar-refractivity contribution in [2.45, 2.75) is 13.0 Å². The molecule has 2 aromatic rings. The average molecular weight is 262 g/mol. The van der Waals surface area contributed by atoms with Crippen molar-refractivity contribution in [3.63, 3.8) is 0 Å².